The zero-order valence-corrected chi connectivity index (χ0v) is 15.4. The van der Waals surface area contributed by atoms with Gasteiger partial charge < -0.3 is 20.3 Å². The Morgan fingerprint density at radius 2 is 2.18 bits per heavy atom. The van der Waals surface area contributed by atoms with E-state index in [2.05, 4.69) is 9.97 Å². The number of alkyl halides is 3. The summed E-state index contributed by atoms with van der Waals surface area (Å²) in [5, 5.41) is 0. The number of rotatable bonds is 4. The highest BCUT2D eigenvalue weighted by Crippen LogP contribution is 2.33. The lowest BCUT2D eigenvalue weighted by molar-refractivity contribution is -0.148. The van der Waals surface area contributed by atoms with Crippen LogP contribution in [0.4, 0.5) is 13.2 Å². The van der Waals surface area contributed by atoms with E-state index in [9.17, 15) is 22.8 Å². The first kappa shape index (κ1) is 20.5. The van der Waals surface area contributed by atoms with Crippen molar-refractivity contribution < 1.29 is 27.5 Å². The number of carbonyl (C=O) groups is 2. The lowest BCUT2D eigenvalue weighted by Crippen LogP contribution is -2.51. The number of morpholine rings is 1. The highest BCUT2D eigenvalue weighted by atomic mass is 19.4. The van der Waals surface area contributed by atoms with Gasteiger partial charge in [-0.2, -0.15) is 13.2 Å². The molecule has 2 N–H and O–H groups in total. The van der Waals surface area contributed by atoms with Gasteiger partial charge in [0.05, 0.1) is 18.3 Å². The Morgan fingerprint density at radius 1 is 1.43 bits per heavy atom. The second kappa shape index (κ2) is 8.00. The molecular weight excluding hydrogens is 379 g/mol. The number of hydrogen-bond donors (Lipinski definition) is 1. The molecule has 2 atom stereocenters. The van der Waals surface area contributed by atoms with E-state index in [1.807, 2.05) is 6.92 Å². The molecule has 0 saturated carbocycles. The molecule has 1 aromatic rings. The fourth-order valence-corrected chi connectivity index (χ4v) is 3.46. The molecule has 0 aliphatic carbocycles. The van der Waals surface area contributed by atoms with E-state index >= 15 is 0 Å². The van der Waals surface area contributed by atoms with Gasteiger partial charge in [-0.15, -0.1) is 0 Å². The summed E-state index contributed by atoms with van der Waals surface area (Å²) in [4.78, 5) is 34.7. The highest BCUT2D eigenvalue weighted by Gasteiger charge is 2.38. The van der Waals surface area contributed by atoms with Crippen LogP contribution in [-0.4, -0.2) is 70.0 Å². The Balaban J connectivity index is 1.60. The van der Waals surface area contributed by atoms with Crippen molar-refractivity contribution in [1.82, 2.24) is 19.8 Å². The smallest absolute Gasteiger partial charge is 0.367 e. The molecule has 2 aliphatic rings. The molecule has 2 amide bonds. The third-order valence-corrected chi connectivity index (χ3v) is 4.84. The molecule has 0 spiro atoms. The van der Waals surface area contributed by atoms with Gasteiger partial charge in [-0.3, -0.25) is 9.59 Å². The topological polar surface area (TPSA) is 102 Å². The molecule has 2 aliphatic heterocycles. The molecule has 3 heterocycles. The van der Waals surface area contributed by atoms with Crippen LogP contribution in [0.3, 0.4) is 0 Å². The third-order valence-electron chi connectivity index (χ3n) is 4.84. The Labute approximate surface area is 159 Å². The molecule has 11 heteroatoms. The molecule has 0 aromatic carbocycles. The Morgan fingerprint density at radius 3 is 2.89 bits per heavy atom. The molecule has 0 radical (unpaired) electrons. The lowest BCUT2D eigenvalue weighted by atomic mass is 10.0. The number of nitrogens with two attached hydrogens (primary N) is 1. The fraction of sp³-hybridized carbons (Fsp3) is 0.647. The fourth-order valence-electron chi connectivity index (χ4n) is 3.46. The van der Waals surface area contributed by atoms with Crippen molar-refractivity contribution in [1.29, 1.82) is 0 Å². The predicted octanol–water partition coefficient (Wildman–Crippen LogP) is 0.345. The van der Waals surface area contributed by atoms with Crippen molar-refractivity contribution in [3.8, 4) is 0 Å². The van der Waals surface area contributed by atoms with Crippen molar-refractivity contribution in [3.63, 3.8) is 0 Å². The molecular formula is C17H22F3N5O3. The summed E-state index contributed by atoms with van der Waals surface area (Å²) in [5.74, 6) is -0.455. The van der Waals surface area contributed by atoms with E-state index in [0.29, 0.717) is 6.54 Å². The van der Waals surface area contributed by atoms with Crippen LogP contribution in [0.2, 0.25) is 0 Å². The molecule has 0 unspecified atom stereocenters. The standard InChI is InChI=1S/C17H22F3N5O3/c1-10-5-25(15(27)8-28-10)6-11(21)4-14(26)24-3-2-12-13(7-24)22-9-23-16(12)17(18,19)20/h9-11H,2-8,21H2,1H3/t10-,11+/m0/s1. The molecule has 1 fully saturated rings. The van der Waals surface area contributed by atoms with Crippen LogP contribution in [0, 0.1) is 0 Å². The van der Waals surface area contributed by atoms with Crippen LogP contribution in [-0.2, 0) is 33.5 Å². The molecule has 28 heavy (non-hydrogen) atoms. The van der Waals surface area contributed by atoms with Crippen LogP contribution < -0.4 is 5.73 Å². The second-order valence-corrected chi connectivity index (χ2v) is 7.10. The van der Waals surface area contributed by atoms with Crippen molar-refractivity contribution in [3.05, 3.63) is 23.3 Å². The van der Waals surface area contributed by atoms with E-state index in [1.54, 1.807) is 4.90 Å². The maximum absolute atomic E-state index is 13.1. The maximum atomic E-state index is 13.1. The van der Waals surface area contributed by atoms with Crippen LogP contribution in [0.1, 0.15) is 30.3 Å². The van der Waals surface area contributed by atoms with E-state index in [-0.39, 0.29) is 68.3 Å². The highest BCUT2D eigenvalue weighted by molar-refractivity contribution is 5.79. The van der Waals surface area contributed by atoms with E-state index < -0.39 is 17.9 Å². The summed E-state index contributed by atoms with van der Waals surface area (Å²) in [5.41, 5.74) is 5.34. The van der Waals surface area contributed by atoms with Gasteiger partial charge in [0, 0.05) is 37.7 Å². The summed E-state index contributed by atoms with van der Waals surface area (Å²) in [7, 11) is 0. The summed E-state index contributed by atoms with van der Waals surface area (Å²) >= 11 is 0. The van der Waals surface area contributed by atoms with Crippen LogP contribution in [0.5, 0.6) is 0 Å². The van der Waals surface area contributed by atoms with E-state index in [0.717, 1.165) is 6.33 Å². The van der Waals surface area contributed by atoms with Gasteiger partial charge in [0.1, 0.15) is 12.9 Å². The van der Waals surface area contributed by atoms with Crippen molar-refractivity contribution >= 4 is 11.8 Å². The van der Waals surface area contributed by atoms with E-state index in [1.165, 1.54) is 4.90 Å². The first-order valence-electron chi connectivity index (χ1n) is 8.97. The minimum atomic E-state index is -4.55. The normalized spacial score (nSPS) is 21.5. The molecule has 0 bridgehead atoms. The monoisotopic (exact) mass is 401 g/mol. The summed E-state index contributed by atoms with van der Waals surface area (Å²) < 4.78 is 44.4. The third kappa shape index (κ3) is 4.58. The van der Waals surface area contributed by atoms with Gasteiger partial charge >= 0.3 is 6.18 Å². The minimum absolute atomic E-state index is 0.00795. The van der Waals surface area contributed by atoms with Crippen molar-refractivity contribution in [2.45, 2.75) is 44.6 Å². The van der Waals surface area contributed by atoms with Crippen molar-refractivity contribution in [2.24, 2.45) is 5.73 Å². The number of nitrogens with zero attached hydrogens (tertiary/aromatic N) is 4. The summed E-state index contributed by atoms with van der Waals surface area (Å²) in [6.45, 7) is 2.60. The van der Waals surface area contributed by atoms with Gasteiger partial charge in [0.15, 0.2) is 5.69 Å². The van der Waals surface area contributed by atoms with Gasteiger partial charge in [-0.1, -0.05) is 0 Å². The lowest BCUT2D eigenvalue weighted by Gasteiger charge is -2.33. The quantitative estimate of drug-likeness (QED) is 0.781. The van der Waals surface area contributed by atoms with E-state index in [4.69, 9.17) is 10.5 Å². The number of halogens is 3. The number of aromatic nitrogens is 2. The maximum Gasteiger partial charge on any atom is 0.433 e. The average molecular weight is 401 g/mol. The Hall–Kier alpha value is -2.27. The van der Waals surface area contributed by atoms with Crippen LogP contribution >= 0.6 is 0 Å². The number of fused-ring (bicyclic) bond motifs is 1. The molecule has 8 nitrogen and oxygen atoms in total. The first-order valence-corrected chi connectivity index (χ1v) is 8.97. The molecule has 1 saturated heterocycles. The van der Waals surface area contributed by atoms with Gasteiger partial charge in [0.25, 0.3) is 0 Å². The number of hydrogen-bond acceptors (Lipinski definition) is 6. The van der Waals surface area contributed by atoms with Gasteiger partial charge in [0.2, 0.25) is 11.8 Å². The molecule has 154 valence electrons. The molecule has 1 aromatic heterocycles. The van der Waals surface area contributed by atoms with Crippen molar-refractivity contribution in [2.75, 3.05) is 26.2 Å². The zero-order chi connectivity index (χ0) is 20.5. The van der Waals surface area contributed by atoms with Crippen LogP contribution in [0.25, 0.3) is 0 Å². The number of ether oxygens (including phenoxy) is 1. The van der Waals surface area contributed by atoms with Gasteiger partial charge in [-0.25, -0.2) is 9.97 Å². The average Bonchev–Trinajstić information content (AvgIpc) is 2.62. The second-order valence-electron chi connectivity index (χ2n) is 7.10. The Bertz CT molecular complexity index is 758. The minimum Gasteiger partial charge on any atom is -0.367 e. The first-order chi connectivity index (χ1) is 13.1. The SMILES string of the molecule is C[C@H]1CN(C[C@H](N)CC(=O)N2CCc3c(ncnc3C(F)(F)F)C2)C(=O)CO1. The summed E-state index contributed by atoms with van der Waals surface area (Å²) in [6, 6.07) is -0.570. The number of carbonyl (C=O) groups excluding carboxylic acids is 2. The molecule has 3 rings (SSSR count). The van der Waals surface area contributed by atoms with Gasteiger partial charge in [-0.05, 0) is 13.3 Å². The zero-order valence-electron chi connectivity index (χ0n) is 15.4. The predicted molar refractivity (Wildman–Crippen MR) is 90.7 cm³/mol. The van der Waals surface area contributed by atoms with Crippen LogP contribution in [0.15, 0.2) is 6.33 Å². The number of amides is 2. The summed E-state index contributed by atoms with van der Waals surface area (Å²) in [6.07, 6.45) is -3.76. The largest absolute Gasteiger partial charge is 0.433 e. The Kier molecular flexibility index (Phi) is 5.84.